The molecule has 5 rings (SSSR count). The Balaban J connectivity index is 1.40. The number of carbonyl (C=O) groups is 4. The molecule has 218 valence electrons. The average molecular weight is 630 g/mol. The summed E-state index contributed by atoms with van der Waals surface area (Å²) in [7, 11) is -4.10. The lowest BCUT2D eigenvalue weighted by Crippen LogP contribution is -2.52. The van der Waals surface area contributed by atoms with Crippen molar-refractivity contribution < 1.29 is 31.8 Å². The van der Waals surface area contributed by atoms with Gasteiger partial charge in [0.1, 0.15) is 17.2 Å². The Bertz CT molecular complexity index is 1650. The number of imide groups is 1. The van der Waals surface area contributed by atoms with Crippen molar-refractivity contribution in [1.29, 1.82) is 0 Å². The molecule has 1 heterocycles. The summed E-state index contributed by atoms with van der Waals surface area (Å²) in [6.07, 6.45) is 2.65. The van der Waals surface area contributed by atoms with Crippen LogP contribution in [0.1, 0.15) is 52.0 Å². The van der Waals surface area contributed by atoms with E-state index < -0.39 is 52.0 Å². The molecule has 42 heavy (non-hydrogen) atoms. The van der Waals surface area contributed by atoms with E-state index in [-0.39, 0.29) is 31.8 Å². The van der Waals surface area contributed by atoms with Crippen LogP contribution >= 0.6 is 23.2 Å². The molecule has 12 heteroatoms. The fraction of sp³-hybridized carbons (Fsp3) is 0.267. The summed E-state index contributed by atoms with van der Waals surface area (Å²) in [4.78, 5) is 53.8. The molecule has 2 aliphatic rings. The first kappa shape index (κ1) is 29.8. The van der Waals surface area contributed by atoms with Crippen LogP contribution in [0.4, 0.5) is 0 Å². The predicted molar refractivity (Wildman–Crippen MR) is 155 cm³/mol. The van der Waals surface area contributed by atoms with Crippen LogP contribution in [0, 0.1) is 18.8 Å². The number of rotatable bonds is 8. The lowest BCUT2D eigenvalue weighted by molar-refractivity contribution is -0.154. The van der Waals surface area contributed by atoms with E-state index in [0.717, 1.165) is 28.4 Å². The molecule has 1 saturated heterocycles. The highest BCUT2D eigenvalue weighted by Crippen LogP contribution is 2.39. The molecule has 9 nitrogen and oxygen atoms in total. The first-order chi connectivity index (χ1) is 20.0. The lowest BCUT2D eigenvalue weighted by atomic mass is 9.81. The van der Waals surface area contributed by atoms with Gasteiger partial charge in [0.05, 0.1) is 21.9 Å². The van der Waals surface area contributed by atoms with Crippen LogP contribution in [0.25, 0.3) is 0 Å². The van der Waals surface area contributed by atoms with Crippen molar-refractivity contribution in [2.24, 2.45) is 11.8 Å². The summed E-state index contributed by atoms with van der Waals surface area (Å²) >= 11 is 12.1. The van der Waals surface area contributed by atoms with Gasteiger partial charge in [0.15, 0.2) is 5.78 Å². The molecule has 0 unspecified atom stereocenters. The van der Waals surface area contributed by atoms with Crippen LogP contribution in [-0.4, -0.2) is 48.5 Å². The number of halogens is 2. The standard InChI is InChI=1S/C30H26Cl2N2O7S/c1-18-6-13-22(14-7-18)42(39,40)41-21-11-8-19(9-12-21)27(35)17-33(28(36)20-10-15-25(31)26(32)16-20)34-29(37)23-4-2-3-5-24(23)30(34)38/h6-16,23-24H,2-5,17H2,1H3/t23-,24-/m1/s1. The van der Waals surface area contributed by atoms with E-state index in [1.165, 1.54) is 54.6 Å². The van der Waals surface area contributed by atoms with Gasteiger partial charge >= 0.3 is 10.1 Å². The molecular formula is C30H26Cl2N2O7S. The second-order valence-corrected chi connectivity index (χ2v) is 12.6. The first-order valence-corrected chi connectivity index (χ1v) is 15.4. The molecule has 3 aromatic carbocycles. The van der Waals surface area contributed by atoms with Gasteiger partial charge in [-0.25, -0.2) is 5.01 Å². The molecule has 3 amide bonds. The highest BCUT2D eigenvalue weighted by molar-refractivity contribution is 7.87. The number of aryl methyl sites for hydroxylation is 1. The van der Waals surface area contributed by atoms with Gasteiger partial charge in [0.25, 0.3) is 17.7 Å². The Morgan fingerprint density at radius 2 is 1.43 bits per heavy atom. The topological polar surface area (TPSA) is 118 Å². The largest absolute Gasteiger partial charge is 0.379 e. The van der Waals surface area contributed by atoms with E-state index in [4.69, 9.17) is 27.4 Å². The van der Waals surface area contributed by atoms with Gasteiger partial charge in [-0.2, -0.15) is 13.4 Å². The molecule has 0 aromatic heterocycles. The summed E-state index contributed by atoms with van der Waals surface area (Å²) in [5.74, 6) is -3.51. The molecule has 1 saturated carbocycles. The maximum atomic E-state index is 13.7. The summed E-state index contributed by atoms with van der Waals surface area (Å²) in [5.41, 5.74) is 1.04. The Morgan fingerprint density at radius 3 is 2.00 bits per heavy atom. The number of amides is 3. The molecule has 2 fully saturated rings. The maximum absolute atomic E-state index is 13.7. The Morgan fingerprint density at radius 1 is 0.857 bits per heavy atom. The minimum absolute atomic E-state index is 0.0229. The van der Waals surface area contributed by atoms with E-state index in [9.17, 15) is 27.6 Å². The fourth-order valence-electron chi connectivity index (χ4n) is 5.20. The number of benzene rings is 3. The third-order valence-electron chi connectivity index (χ3n) is 7.45. The van der Waals surface area contributed by atoms with Crippen molar-refractivity contribution in [2.45, 2.75) is 37.5 Å². The van der Waals surface area contributed by atoms with Gasteiger partial charge in [-0.3, -0.25) is 19.2 Å². The highest BCUT2D eigenvalue weighted by atomic mass is 35.5. The van der Waals surface area contributed by atoms with Crippen molar-refractivity contribution in [1.82, 2.24) is 10.0 Å². The van der Waals surface area contributed by atoms with E-state index in [1.807, 2.05) is 6.92 Å². The SMILES string of the molecule is Cc1ccc(S(=O)(=O)Oc2ccc(C(=O)CN(C(=O)c3ccc(Cl)c(Cl)c3)N3C(=O)[C@@H]4CCCC[C@H]4C3=O)cc2)cc1. The Kier molecular flexibility index (Phi) is 8.41. The van der Waals surface area contributed by atoms with Crippen molar-refractivity contribution in [3.63, 3.8) is 0 Å². The quantitative estimate of drug-likeness (QED) is 0.184. The zero-order valence-corrected chi connectivity index (χ0v) is 24.8. The average Bonchev–Trinajstić information content (AvgIpc) is 3.22. The molecule has 3 aromatic rings. The highest BCUT2D eigenvalue weighted by Gasteiger charge is 2.51. The van der Waals surface area contributed by atoms with Gasteiger partial charge in [0.2, 0.25) is 0 Å². The maximum Gasteiger partial charge on any atom is 0.339 e. The molecule has 1 aliphatic carbocycles. The summed E-state index contributed by atoms with van der Waals surface area (Å²) in [5, 5.41) is 1.96. The number of ketones is 1. The van der Waals surface area contributed by atoms with Gasteiger partial charge in [-0.15, -0.1) is 0 Å². The van der Waals surface area contributed by atoms with Crippen LogP contribution < -0.4 is 4.18 Å². The van der Waals surface area contributed by atoms with Gasteiger partial charge in [-0.1, -0.05) is 53.7 Å². The van der Waals surface area contributed by atoms with E-state index in [0.29, 0.717) is 12.8 Å². The number of hydrogen-bond acceptors (Lipinski definition) is 7. The van der Waals surface area contributed by atoms with Crippen LogP contribution in [0.15, 0.2) is 71.6 Å². The Hall–Kier alpha value is -3.73. The van der Waals surface area contributed by atoms with Gasteiger partial charge < -0.3 is 4.18 Å². The van der Waals surface area contributed by atoms with E-state index in [1.54, 1.807) is 12.1 Å². The second kappa shape index (κ2) is 11.9. The predicted octanol–water partition coefficient (Wildman–Crippen LogP) is 5.48. The number of carbonyl (C=O) groups excluding carboxylic acids is 4. The van der Waals surface area contributed by atoms with Crippen LogP contribution in [0.3, 0.4) is 0 Å². The third-order valence-corrected chi connectivity index (χ3v) is 9.45. The molecule has 1 aliphatic heterocycles. The third kappa shape index (κ3) is 5.92. The van der Waals surface area contributed by atoms with E-state index >= 15 is 0 Å². The molecular weight excluding hydrogens is 603 g/mol. The summed E-state index contributed by atoms with van der Waals surface area (Å²) in [6.45, 7) is 1.20. The zero-order valence-electron chi connectivity index (χ0n) is 22.5. The minimum Gasteiger partial charge on any atom is -0.379 e. The monoisotopic (exact) mass is 628 g/mol. The number of Topliss-reactive ketones (excluding diaryl/α,β-unsaturated/α-hetero) is 1. The smallest absolute Gasteiger partial charge is 0.339 e. The summed E-state index contributed by atoms with van der Waals surface area (Å²) < 4.78 is 30.5. The van der Waals surface area contributed by atoms with Crippen LogP contribution in [-0.2, 0) is 19.7 Å². The van der Waals surface area contributed by atoms with Crippen LogP contribution in [0.2, 0.25) is 10.0 Å². The number of hydrazine groups is 1. The molecule has 0 spiro atoms. The number of hydrogen-bond donors (Lipinski definition) is 0. The van der Waals surface area contributed by atoms with Crippen LogP contribution in [0.5, 0.6) is 5.75 Å². The fourth-order valence-corrected chi connectivity index (χ4v) is 6.43. The summed E-state index contributed by atoms with van der Waals surface area (Å²) in [6, 6.07) is 15.6. The second-order valence-electron chi connectivity index (χ2n) is 10.3. The number of fused-ring (bicyclic) bond motifs is 1. The van der Waals surface area contributed by atoms with Gasteiger partial charge in [0, 0.05) is 11.1 Å². The molecule has 2 atom stereocenters. The lowest BCUT2D eigenvalue weighted by Gasteiger charge is -2.30. The molecule has 0 bridgehead atoms. The first-order valence-electron chi connectivity index (χ1n) is 13.3. The minimum atomic E-state index is -4.10. The Labute approximate surface area is 253 Å². The van der Waals surface area contributed by atoms with Crippen molar-refractivity contribution in [2.75, 3.05) is 6.54 Å². The molecule has 0 radical (unpaired) electrons. The van der Waals surface area contributed by atoms with Crippen molar-refractivity contribution in [3.05, 3.63) is 93.5 Å². The van der Waals surface area contributed by atoms with E-state index in [2.05, 4.69) is 0 Å². The zero-order chi connectivity index (χ0) is 30.2. The van der Waals surface area contributed by atoms with Crippen molar-refractivity contribution >= 4 is 56.8 Å². The van der Waals surface area contributed by atoms with Crippen molar-refractivity contribution in [3.8, 4) is 5.75 Å². The van der Waals surface area contributed by atoms with Gasteiger partial charge in [-0.05, 0) is 74.4 Å². The number of nitrogens with zero attached hydrogens (tertiary/aromatic N) is 2. The molecule has 0 N–H and O–H groups in total. The normalized spacial score (nSPS) is 18.5.